The number of hydrogen-bond acceptors (Lipinski definition) is 3. The molecule has 2 aromatic rings. The molecule has 1 amide bonds. The Morgan fingerprint density at radius 3 is 2.46 bits per heavy atom. The Morgan fingerprint density at radius 2 is 1.83 bits per heavy atom. The Bertz CT molecular complexity index is 686. The molecule has 0 fully saturated rings. The lowest BCUT2D eigenvalue weighted by Gasteiger charge is -2.18. The molecule has 1 unspecified atom stereocenters. The highest BCUT2D eigenvalue weighted by Crippen LogP contribution is 2.29. The molecular formula is C19H22ClNO3. The Morgan fingerprint density at radius 1 is 1.12 bits per heavy atom. The monoisotopic (exact) mass is 347 g/mol. The zero-order chi connectivity index (χ0) is 17.5. The van der Waals surface area contributed by atoms with E-state index in [-0.39, 0.29) is 11.9 Å². The fraction of sp³-hybridized carbons (Fsp3) is 0.316. The number of carbonyl (C=O) groups excluding carboxylic acids is 1. The van der Waals surface area contributed by atoms with Gasteiger partial charge in [0.1, 0.15) is 11.5 Å². The van der Waals surface area contributed by atoms with Gasteiger partial charge in [-0.05, 0) is 49.2 Å². The second-order valence-corrected chi connectivity index (χ2v) is 5.96. The number of aryl methyl sites for hydroxylation is 1. The van der Waals surface area contributed by atoms with Crippen molar-refractivity contribution in [1.82, 2.24) is 5.32 Å². The maximum atomic E-state index is 12.2. The van der Waals surface area contributed by atoms with Crippen molar-refractivity contribution in [2.75, 3.05) is 14.2 Å². The van der Waals surface area contributed by atoms with Crippen molar-refractivity contribution in [3.05, 3.63) is 58.6 Å². The average molecular weight is 348 g/mol. The van der Waals surface area contributed by atoms with Gasteiger partial charge in [-0.3, -0.25) is 4.79 Å². The third kappa shape index (κ3) is 4.90. The average Bonchev–Trinajstić information content (AvgIpc) is 2.60. The van der Waals surface area contributed by atoms with Crippen LogP contribution < -0.4 is 14.8 Å². The van der Waals surface area contributed by atoms with Gasteiger partial charge in [0.05, 0.1) is 20.3 Å². The summed E-state index contributed by atoms with van der Waals surface area (Å²) in [6.45, 7) is 1.93. The van der Waals surface area contributed by atoms with Crippen molar-refractivity contribution >= 4 is 17.5 Å². The molecule has 1 N–H and O–H groups in total. The van der Waals surface area contributed by atoms with E-state index < -0.39 is 0 Å². The third-order valence-corrected chi connectivity index (χ3v) is 4.09. The van der Waals surface area contributed by atoms with Gasteiger partial charge in [-0.1, -0.05) is 23.7 Å². The summed E-state index contributed by atoms with van der Waals surface area (Å²) in [7, 11) is 3.22. The number of amides is 1. The van der Waals surface area contributed by atoms with E-state index >= 15 is 0 Å². The molecule has 0 saturated heterocycles. The standard InChI is InChI=1S/C19H22ClNO3/c1-13(17-12-16(23-2)9-10-18(17)24-3)21-19(22)11-6-14-4-7-15(20)8-5-14/h4-5,7-10,12-13H,6,11H2,1-3H3,(H,21,22). The van der Waals surface area contributed by atoms with Crippen LogP contribution in [0.2, 0.25) is 5.02 Å². The van der Waals surface area contributed by atoms with Gasteiger partial charge in [-0.2, -0.15) is 0 Å². The van der Waals surface area contributed by atoms with Gasteiger partial charge in [-0.15, -0.1) is 0 Å². The molecule has 0 radical (unpaired) electrons. The molecule has 1 atom stereocenters. The Labute approximate surface area is 147 Å². The summed E-state index contributed by atoms with van der Waals surface area (Å²) in [6.07, 6.45) is 1.09. The van der Waals surface area contributed by atoms with Crippen molar-refractivity contribution in [3.8, 4) is 11.5 Å². The fourth-order valence-corrected chi connectivity index (χ4v) is 2.60. The highest BCUT2D eigenvalue weighted by Gasteiger charge is 2.15. The number of benzene rings is 2. The maximum Gasteiger partial charge on any atom is 0.220 e. The van der Waals surface area contributed by atoms with Crippen molar-refractivity contribution in [2.45, 2.75) is 25.8 Å². The summed E-state index contributed by atoms with van der Waals surface area (Å²) in [5, 5.41) is 3.70. The molecule has 0 bridgehead atoms. The number of ether oxygens (including phenoxy) is 2. The number of nitrogens with one attached hydrogen (secondary N) is 1. The minimum Gasteiger partial charge on any atom is -0.497 e. The first-order chi connectivity index (χ1) is 11.5. The van der Waals surface area contributed by atoms with E-state index in [9.17, 15) is 4.79 Å². The topological polar surface area (TPSA) is 47.6 Å². The van der Waals surface area contributed by atoms with Crippen molar-refractivity contribution < 1.29 is 14.3 Å². The lowest BCUT2D eigenvalue weighted by atomic mass is 10.1. The molecule has 0 spiro atoms. The zero-order valence-corrected chi connectivity index (χ0v) is 14.9. The SMILES string of the molecule is COc1ccc(OC)c(C(C)NC(=O)CCc2ccc(Cl)cc2)c1. The normalized spacial score (nSPS) is 11.7. The van der Waals surface area contributed by atoms with Gasteiger partial charge in [0.2, 0.25) is 5.91 Å². The summed E-state index contributed by atoms with van der Waals surface area (Å²) in [4.78, 5) is 12.2. The lowest BCUT2D eigenvalue weighted by Crippen LogP contribution is -2.27. The van der Waals surface area contributed by atoms with Crippen molar-refractivity contribution in [1.29, 1.82) is 0 Å². The van der Waals surface area contributed by atoms with Crippen molar-refractivity contribution in [2.24, 2.45) is 0 Å². The van der Waals surface area contributed by atoms with Crippen LogP contribution >= 0.6 is 11.6 Å². The molecule has 2 aromatic carbocycles. The molecule has 5 heteroatoms. The van der Waals surface area contributed by atoms with Crippen LogP contribution in [0.4, 0.5) is 0 Å². The van der Waals surface area contributed by atoms with Crippen LogP contribution in [0.25, 0.3) is 0 Å². The van der Waals surface area contributed by atoms with Crippen LogP contribution in [0.15, 0.2) is 42.5 Å². The quantitative estimate of drug-likeness (QED) is 0.817. The van der Waals surface area contributed by atoms with Gasteiger partial charge in [0.25, 0.3) is 0 Å². The first-order valence-electron chi connectivity index (χ1n) is 7.79. The summed E-state index contributed by atoms with van der Waals surface area (Å²) in [5.74, 6) is 1.44. The molecule has 2 rings (SSSR count). The largest absolute Gasteiger partial charge is 0.497 e. The minimum absolute atomic E-state index is 0.0117. The van der Waals surface area contributed by atoms with E-state index in [1.165, 1.54) is 0 Å². The van der Waals surface area contributed by atoms with E-state index in [0.29, 0.717) is 17.9 Å². The second-order valence-electron chi connectivity index (χ2n) is 5.52. The summed E-state index contributed by atoms with van der Waals surface area (Å²) < 4.78 is 10.6. The zero-order valence-electron chi connectivity index (χ0n) is 14.1. The number of carbonyl (C=O) groups is 1. The Kier molecular flexibility index (Phi) is 6.50. The summed E-state index contributed by atoms with van der Waals surface area (Å²) >= 11 is 5.86. The highest BCUT2D eigenvalue weighted by atomic mass is 35.5. The van der Waals surface area contributed by atoms with Gasteiger partial charge >= 0.3 is 0 Å². The van der Waals surface area contributed by atoms with E-state index in [4.69, 9.17) is 21.1 Å². The maximum absolute atomic E-state index is 12.2. The second kappa shape index (κ2) is 8.60. The molecule has 128 valence electrons. The number of hydrogen-bond donors (Lipinski definition) is 1. The predicted octanol–water partition coefficient (Wildman–Crippen LogP) is 4.17. The number of rotatable bonds is 7. The van der Waals surface area contributed by atoms with Gasteiger partial charge in [0.15, 0.2) is 0 Å². The van der Waals surface area contributed by atoms with Crippen LogP contribution in [0.1, 0.15) is 30.5 Å². The van der Waals surface area contributed by atoms with Gasteiger partial charge in [-0.25, -0.2) is 0 Å². The van der Waals surface area contributed by atoms with E-state index in [1.54, 1.807) is 14.2 Å². The van der Waals surface area contributed by atoms with Gasteiger partial charge in [0, 0.05) is 17.0 Å². The molecule has 0 heterocycles. The number of halogens is 1. The predicted molar refractivity (Wildman–Crippen MR) is 95.9 cm³/mol. The molecular weight excluding hydrogens is 326 g/mol. The summed E-state index contributed by atoms with van der Waals surface area (Å²) in [6, 6.07) is 12.9. The minimum atomic E-state index is -0.173. The third-order valence-electron chi connectivity index (χ3n) is 3.83. The van der Waals surface area contributed by atoms with E-state index in [1.807, 2.05) is 49.4 Å². The van der Waals surface area contributed by atoms with E-state index in [2.05, 4.69) is 5.32 Å². The molecule has 4 nitrogen and oxygen atoms in total. The molecule has 0 aliphatic carbocycles. The lowest BCUT2D eigenvalue weighted by molar-refractivity contribution is -0.121. The van der Waals surface area contributed by atoms with Crippen LogP contribution in [-0.4, -0.2) is 20.1 Å². The molecule has 24 heavy (non-hydrogen) atoms. The molecule has 0 aromatic heterocycles. The first kappa shape index (κ1) is 18.1. The Balaban J connectivity index is 1.97. The van der Waals surface area contributed by atoms with Crippen LogP contribution in [0.3, 0.4) is 0 Å². The first-order valence-corrected chi connectivity index (χ1v) is 8.17. The highest BCUT2D eigenvalue weighted by molar-refractivity contribution is 6.30. The van der Waals surface area contributed by atoms with Gasteiger partial charge < -0.3 is 14.8 Å². The smallest absolute Gasteiger partial charge is 0.220 e. The van der Waals surface area contributed by atoms with E-state index in [0.717, 1.165) is 22.6 Å². The van der Waals surface area contributed by atoms with Crippen molar-refractivity contribution in [3.63, 3.8) is 0 Å². The Hall–Kier alpha value is -2.20. The molecule has 0 aliphatic heterocycles. The fourth-order valence-electron chi connectivity index (χ4n) is 2.48. The van der Waals surface area contributed by atoms with Crippen LogP contribution in [0, 0.1) is 0 Å². The number of methoxy groups -OCH3 is 2. The molecule has 0 saturated carbocycles. The summed E-state index contributed by atoms with van der Waals surface area (Å²) in [5.41, 5.74) is 1.97. The molecule has 0 aliphatic rings. The van der Waals surface area contributed by atoms with Crippen LogP contribution in [0.5, 0.6) is 11.5 Å². The van der Waals surface area contributed by atoms with Crippen LogP contribution in [-0.2, 0) is 11.2 Å².